The monoisotopic (exact) mass is 327 g/mol. The number of hydrogen-bond acceptors (Lipinski definition) is 3. The molecule has 0 aliphatic rings. The maximum Gasteiger partial charge on any atom is 0.272 e. The largest absolute Gasteiger partial charge is 0.354 e. The number of anilines is 2. The van der Waals surface area contributed by atoms with Gasteiger partial charge >= 0.3 is 0 Å². The second-order valence-corrected chi connectivity index (χ2v) is 5.62. The molecule has 1 aromatic heterocycles. The second kappa shape index (κ2) is 7.12. The highest BCUT2D eigenvalue weighted by atomic mass is 16.2. The number of carbonyl (C=O) groups excluding carboxylic acids is 3. The van der Waals surface area contributed by atoms with E-state index in [1.807, 2.05) is 0 Å². The number of aromatic nitrogens is 1. The lowest BCUT2D eigenvalue weighted by molar-refractivity contribution is -0.115. The second-order valence-electron chi connectivity index (χ2n) is 5.62. The van der Waals surface area contributed by atoms with E-state index in [-0.39, 0.29) is 17.6 Å². The molecule has 2 aromatic rings. The van der Waals surface area contributed by atoms with Gasteiger partial charge in [0.05, 0.1) is 0 Å². The fourth-order valence-corrected chi connectivity index (χ4v) is 2.62. The lowest BCUT2D eigenvalue weighted by Gasteiger charge is -2.08. The number of aryl methyl sites for hydroxylation is 1. The van der Waals surface area contributed by atoms with Gasteiger partial charge in [-0.15, -0.1) is 0 Å². The number of carbonyl (C=O) groups is 3. The SMILES string of the molecule is CCC(=O)Nc1cccc(NC(=O)c2[nH]c(C)c(C(C)=O)c2C)c1. The first-order valence-corrected chi connectivity index (χ1v) is 7.74. The van der Waals surface area contributed by atoms with E-state index < -0.39 is 0 Å². The minimum atomic E-state index is -0.331. The summed E-state index contributed by atoms with van der Waals surface area (Å²) in [6, 6.07) is 6.91. The van der Waals surface area contributed by atoms with Crippen molar-refractivity contribution >= 4 is 29.0 Å². The van der Waals surface area contributed by atoms with Crippen molar-refractivity contribution in [2.45, 2.75) is 34.1 Å². The van der Waals surface area contributed by atoms with Crippen LogP contribution in [0.4, 0.5) is 11.4 Å². The minimum Gasteiger partial charge on any atom is -0.354 e. The molecular weight excluding hydrogens is 306 g/mol. The van der Waals surface area contributed by atoms with Gasteiger partial charge in [-0.1, -0.05) is 13.0 Å². The standard InChI is InChI=1S/C18H21N3O3/c1-5-15(23)20-13-7-6-8-14(9-13)21-18(24)17-10(2)16(12(4)22)11(3)19-17/h6-9,19H,5H2,1-4H3,(H,20,23)(H,21,24). The van der Waals surface area contributed by atoms with Crippen LogP contribution in [0.2, 0.25) is 0 Å². The van der Waals surface area contributed by atoms with Gasteiger partial charge < -0.3 is 15.6 Å². The fraction of sp³-hybridized carbons (Fsp3) is 0.278. The van der Waals surface area contributed by atoms with E-state index in [1.165, 1.54) is 6.92 Å². The molecule has 0 saturated heterocycles. The lowest BCUT2D eigenvalue weighted by Crippen LogP contribution is -2.14. The quantitative estimate of drug-likeness (QED) is 0.735. The predicted octanol–water partition coefficient (Wildman–Crippen LogP) is 3.43. The van der Waals surface area contributed by atoms with Crippen LogP contribution >= 0.6 is 0 Å². The summed E-state index contributed by atoms with van der Waals surface area (Å²) in [5.74, 6) is -0.507. The summed E-state index contributed by atoms with van der Waals surface area (Å²) < 4.78 is 0. The summed E-state index contributed by atoms with van der Waals surface area (Å²) in [6.45, 7) is 6.75. The Kier molecular flexibility index (Phi) is 5.18. The van der Waals surface area contributed by atoms with Gasteiger partial charge in [-0.25, -0.2) is 0 Å². The third-order valence-corrected chi connectivity index (χ3v) is 3.74. The van der Waals surface area contributed by atoms with Crippen molar-refractivity contribution in [3.8, 4) is 0 Å². The lowest BCUT2D eigenvalue weighted by atomic mass is 10.1. The van der Waals surface area contributed by atoms with E-state index in [0.29, 0.717) is 40.3 Å². The summed E-state index contributed by atoms with van der Waals surface area (Å²) in [4.78, 5) is 38.6. The number of Topliss-reactive ketones (excluding diaryl/α,β-unsaturated/α-hetero) is 1. The van der Waals surface area contributed by atoms with Crippen molar-refractivity contribution in [2.24, 2.45) is 0 Å². The van der Waals surface area contributed by atoms with Crippen LogP contribution in [0.3, 0.4) is 0 Å². The van der Waals surface area contributed by atoms with Gasteiger partial charge in [0.1, 0.15) is 5.69 Å². The highest BCUT2D eigenvalue weighted by Crippen LogP contribution is 2.21. The normalized spacial score (nSPS) is 10.3. The molecule has 0 bridgehead atoms. The Hall–Kier alpha value is -2.89. The maximum atomic E-state index is 12.5. The van der Waals surface area contributed by atoms with E-state index in [0.717, 1.165) is 0 Å². The van der Waals surface area contributed by atoms with Crippen molar-refractivity contribution < 1.29 is 14.4 Å². The molecule has 0 aliphatic heterocycles. The molecule has 0 radical (unpaired) electrons. The Morgan fingerprint density at radius 3 is 2.25 bits per heavy atom. The summed E-state index contributed by atoms with van der Waals surface area (Å²) in [5.41, 5.74) is 3.39. The molecule has 2 rings (SSSR count). The van der Waals surface area contributed by atoms with Crippen molar-refractivity contribution in [1.29, 1.82) is 0 Å². The van der Waals surface area contributed by atoms with Crippen LogP contribution < -0.4 is 10.6 Å². The van der Waals surface area contributed by atoms with Crippen molar-refractivity contribution in [1.82, 2.24) is 4.98 Å². The topological polar surface area (TPSA) is 91.1 Å². The Balaban J connectivity index is 2.21. The summed E-state index contributed by atoms with van der Waals surface area (Å²) >= 11 is 0. The number of nitrogens with one attached hydrogen (secondary N) is 3. The van der Waals surface area contributed by atoms with Gasteiger partial charge in [0.15, 0.2) is 5.78 Å². The van der Waals surface area contributed by atoms with Crippen LogP contribution in [-0.2, 0) is 4.79 Å². The highest BCUT2D eigenvalue weighted by Gasteiger charge is 2.19. The first-order valence-electron chi connectivity index (χ1n) is 7.74. The molecule has 24 heavy (non-hydrogen) atoms. The van der Waals surface area contributed by atoms with Crippen LogP contribution in [-0.4, -0.2) is 22.6 Å². The smallest absolute Gasteiger partial charge is 0.272 e. The minimum absolute atomic E-state index is 0.0791. The van der Waals surface area contributed by atoms with Crippen LogP contribution in [0.5, 0.6) is 0 Å². The number of amides is 2. The first kappa shape index (κ1) is 17.5. The van der Waals surface area contributed by atoms with Crippen molar-refractivity contribution in [3.05, 3.63) is 46.8 Å². The maximum absolute atomic E-state index is 12.5. The zero-order chi connectivity index (χ0) is 17.9. The number of ketones is 1. The molecule has 0 saturated carbocycles. The number of benzene rings is 1. The summed E-state index contributed by atoms with van der Waals surface area (Å²) in [6.07, 6.45) is 0.380. The van der Waals surface area contributed by atoms with Gasteiger partial charge in [-0.3, -0.25) is 14.4 Å². The Morgan fingerprint density at radius 2 is 1.71 bits per heavy atom. The molecule has 0 aliphatic carbocycles. The molecule has 0 fully saturated rings. The molecule has 0 unspecified atom stereocenters. The summed E-state index contributed by atoms with van der Waals surface area (Å²) in [7, 11) is 0. The number of hydrogen-bond donors (Lipinski definition) is 3. The first-order chi connectivity index (χ1) is 11.3. The number of H-pyrrole nitrogens is 1. The number of aromatic amines is 1. The molecule has 0 spiro atoms. The van der Waals surface area contributed by atoms with Crippen molar-refractivity contribution in [2.75, 3.05) is 10.6 Å². The zero-order valence-electron chi connectivity index (χ0n) is 14.2. The average Bonchev–Trinajstić information content (AvgIpc) is 2.82. The van der Waals surface area contributed by atoms with Crippen molar-refractivity contribution in [3.63, 3.8) is 0 Å². The van der Waals surface area contributed by atoms with E-state index in [9.17, 15) is 14.4 Å². The molecule has 2 amide bonds. The van der Waals surface area contributed by atoms with Crippen LogP contribution in [0.15, 0.2) is 24.3 Å². The zero-order valence-corrected chi connectivity index (χ0v) is 14.2. The molecule has 1 heterocycles. The average molecular weight is 327 g/mol. The van der Waals surface area contributed by atoms with Gasteiger partial charge in [0.25, 0.3) is 5.91 Å². The third-order valence-electron chi connectivity index (χ3n) is 3.74. The number of rotatable bonds is 5. The van der Waals surface area contributed by atoms with Crippen LogP contribution in [0.1, 0.15) is 52.4 Å². The molecule has 126 valence electrons. The molecule has 6 nitrogen and oxygen atoms in total. The van der Waals surface area contributed by atoms with Gasteiger partial charge in [-0.05, 0) is 44.5 Å². The Bertz CT molecular complexity index is 806. The van der Waals surface area contributed by atoms with Crippen LogP contribution in [0.25, 0.3) is 0 Å². The Labute approximate surface area is 140 Å². The van der Waals surface area contributed by atoms with Crippen LogP contribution in [0, 0.1) is 13.8 Å². The predicted molar refractivity (Wildman–Crippen MR) is 93.6 cm³/mol. The third kappa shape index (κ3) is 3.71. The molecule has 6 heteroatoms. The van der Waals surface area contributed by atoms with E-state index in [4.69, 9.17) is 0 Å². The fourth-order valence-electron chi connectivity index (χ4n) is 2.62. The van der Waals surface area contributed by atoms with Gasteiger partial charge in [0.2, 0.25) is 5.91 Å². The Morgan fingerprint density at radius 1 is 1.08 bits per heavy atom. The highest BCUT2D eigenvalue weighted by molar-refractivity contribution is 6.07. The van der Waals surface area contributed by atoms with E-state index in [1.54, 1.807) is 45.0 Å². The molecular formula is C18H21N3O3. The van der Waals surface area contributed by atoms with E-state index in [2.05, 4.69) is 15.6 Å². The van der Waals surface area contributed by atoms with Gasteiger partial charge in [-0.2, -0.15) is 0 Å². The molecule has 3 N–H and O–H groups in total. The molecule has 0 atom stereocenters. The summed E-state index contributed by atoms with van der Waals surface area (Å²) in [5, 5.41) is 5.52. The molecule has 1 aromatic carbocycles. The van der Waals surface area contributed by atoms with Gasteiger partial charge in [0, 0.05) is 29.1 Å². The van der Waals surface area contributed by atoms with E-state index >= 15 is 0 Å².